The highest BCUT2D eigenvalue weighted by molar-refractivity contribution is 5.74. The van der Waals surface area contributed by atoms with E-state index >= 15 is 0 Å². The zero-order chi connectivity index (χ0) is 12.1. The van der Waals surface area contributed by atoms with E-state index in [1.165, 1.54) is 0 Å². The van der Waals surface area contributed by atoms with Crippen LogP contribution in [0.4, 0.5) is 0 Å². The molecule has 0 aromatic heterocycles. The molecule has 0 atom stereocenters. The summed E-state index contributed by atoms with van der Waals surface area (Å²) in [5.41, 5.74) is -0.569. The maximum atomic E-state index is 11.3. The zero-order valence-corrected chi connectivity index (χ0v) is 10.7. The second-order valence-electron chi connectivity index (χ2n) is 4.45. The molecule has 90 valence electrons. The molecule has 1 N–H and O–H groups in total. The summed E-state index contributed by atoms with van der Waals surface area (Å²) in [6.45, 7) is 11.8. The summed E-state index contributed by atoms with van der Waals surface area (Å²) in [7, 11) is 0. The van der Waals surface area contributed by atoms with E-state index in [0.717, 1.165) is 6.54 Å². The van der Waals surface area contributed by atoms with E-state index in [1.807, 2.05) is 13.8 Å². The van der Waals surface area contributed by atoms with E-state index in [2.05, 4.69) is 25.7 Å². The van der Waals surface area contributed by atoms with Crippen molar-refractivity contribution in [1.29, 1.82) is 0 Å². The smallest absolute Gasteiger partial charge is 0.310 e. The summed E-state index contributed by atoms with van der Waals surface area (Å²) in [6, 6.07) is 0.409. The highest BCUT2D eigenvalue weighted by Crippen LogP contribution is 2.28. The molecule has 0 aliphatic heterocycles. The molecule has 0 rings (SSSR count). The van der Waals surface area contributed by atoms with Crippen molar-refractivity contribution in [3.05, 3.63) is 0 Å². The number of aliphatic carboxylic acids is 1. The van der Waals surface area contributed by atoms with E-state index in [1.54, 1.807) is 0 Å². The number of nitrogens with zero attached hydrogens (tertiary/aromatic N) is 1. The van der Waals surface area contributed by atoms with E-state index in [0.29, 0.717) is 25.4 Å². The molecule has 0 aliphatic rings. The Bertz CT molecular complexity index is 198. The van der Waals surface area contributed by atoms with Crippen LogP contribution in [0.25, 0.3) is 0 Å². The highest BCUT2D eigenvalue weighted by atomic mass is 16.4. The van der Waals surface area contributed by atoms with Crippen molar-refractivity contribution >= 4 is 5.97 Å². The second kappa shape index (κ2) is 6.11. The van der Waals surface area contributed by atoms with E-state index < -0.39 is 11.4 Å². The Balaban J connectivity index is 4.72. The van der Waals surface area contributed by atoms with Crippen LogP contribution < -0.4 is 0 Å². The first-order valence-corrected chi connectivity index (χ1v) is 5.91. The fourth-order valence-corrected chi connectivity index (χ4v) is 1.89. The van der Waals surface area contributed by atoms with E-state index in [9.17, 15) is 9.90 Å². The van der Waals surface area contributed by atoms with Crippen LogP contribution >= 0.6 is 0 Å². The Morgan fingerprint density at radius 2 is 1.73 bits per heavy atom. The third-order valence-corrected chi connectivity index (χ3v) is 3.45. The van der Waals surface area contributed by atoms with Gasteiger partial charge in [0.25, 0.3) is 0 Å². The van der Waals surface area contributed by atoms with Crippen LogP contribution in [0.3, 0.4) is 0 Å². The van der Waals surface area contributed by atoms with Crippen molar-refractivity contribution in [2.45, 2.75) is 53.5 Å². The maximum Gasteiger partial charge on any atom is 0.310 e. The van der Waals surface area contributed by atoms with Crippen LogP contribution in [0.15, 0.2) is 0 Å². The lowest BCUT2D eigenvalue weighted by molar-refractivity contribution is -0.151. The summed E-state index contributed by atoms with van der Waals surface area (Å²) >= 11 is 0. The predicted molar refractivity (Wildman–Crippen MR) is 63.0 cm³/mol. The summed E-state index contributed by atoms with van der Waals surface area (Å²) in [6.07, 6.45) is 1.39. The van der Waals surface area contributed by atoms with Crippen LogP contribution in [0.2, 0.25) is 0 Å². The van der Waals surface area contributed by atoms with Crippen molar-refractivity contribution < 1.29 is 9.90 Å². The van der Waals surface area contributed by atoms with E-state index in [-0.39, 0.29) is 0 Å². The van der Waals surface area contributed by atoms with Crippen LogP contribution in [0.1, 0.15) is 47.5 Å². The van der Waals surface area contributed by atoms with Gasteiger partial charge < -0.3 is 10.0 Å². The zero-order valence-electron chi connectivity index (χ0n) is 10.7. The van der Waals surface area contributed by atoms with Gasteiger partial charge in [0.15, 0.2) is 0 Å². The SMILES string of the molecule is CCN(CC(CC)(CC)C(=O)O)C(C)C. The number of carboxylic acid groups (broad SMARTS) is 1. The molecular formula is C12H25NO2. The maximum absolute atomic E-state index is 11.3. The van der Waals surface area contributed by atoms with Gasteiger partial charge in [-0.2, -0.15) is 0 Å². The van der Waals surface area contributed by atoms with E-state index in [4.69, 9.17) is 0 Å². The lowest BCUT2D eigenvalue weighted by Crippen LogP contribution is -2.45. The normalized spacial score (nSPS) is 12.5. The van der Waals surface area contributed by atoms with Gasteiger partial charge in [0, 0.05) is 12.6 Å². The molecule has 0 saturated carbocycles. The molecule has 0 radical (unpaired) electrons. The molecule has 0 bridgehead atoms. The van der Waals surface area contributed by atoms with Crippen LogP contribution in [-0.2, 0) is 4.79 Å². The Kier molecular flexibility index (Phi) is 5.88. The molecule has 0 unspecified atom stereocenters. The second-order valence-corrected chi connectivity index (χ2v) is 4.45. The summed E-state index contributed by atoms with van der Waals surface area (Å²) in [5, 5.41) is 9.32. The van der Waals surface area contributed by atoms with Gasteiger partial charge in [-0.3, -0.25) is 4.79 Å². The monoisotopic (exact) mass is 215 g/mol. The number of carbonyl (C=O) groups is 1. The Labute approximate surface area is 93.5 Å². The third kappa shape index (κ3) is 3.49. The van der Waals surface area contributed by atoms with Gasteiger partial charge in [0.2, 0.25) is 0 Å². The molecule has 0 aromatic carbocycles. The van der Waals surface area contributed by atoms with Crippen LogP contribution in [0, 0.1) is 5.41 Å². The predicted octanol–water partition coefficient (Wildman–Crippen LogP) is 2.61. The van der Waals surface area contributed by atoms with Crippen molar-refractivity contribution in [2.24, 2.45) is 5.41 Å². The minimum atomic E-state index is -0.661. The van der Waals surface area contributed by atoms with Crippen molar-refractivity contribution in [3.63, 3.8) is 0 Å². The average Bonchev–Trinajstić information content (AvgIpc) is 2.19. The first-order valence-electron chi connectivity index (χ1n) is 5.91. The molecule has 0 heterocycles. The van der Waals surface area contributed by atoms with Crippen molar-refractivity contribution in [1.82, 2.24) is 4.90 Å². The van der Waals surface area contributed by atoms with Gasteiger partial charge in [-0.15, -0.1) is 0 Å². The molecule has 0 saturated heterocycles. The minimum Gasteiger partial charge on any atom is -0.481 e. The molecule has 3 nitrogen and oxygen atoms in total. The number of hydrogen-bond donors (Lipinski definition) is 1. The topological polar surface area (TPSA) is 40.5 Å². The number of rotatable bonds is 7. The largest absolute Gasteiger partial charge is 0.481 e. The fourth-order valence-electron chi connectivity index (χ4n) is 1.89. The first kappa shape index (κ1) is 14.4. The standard InChI is InChI=1S/C12H25NO2/c1-6-12(7-2,11(14)15)9-13(8-3)10(4)5/h10H,6-9H2,1-5H3,(H,14,15). The molecule has 0 aliphatic carbocycles. The van der Waals surface area contributed by atoms with Gasteiger partial charge in [-0.25, -0.2) is 0 Å². The average molecular weight is 215 g/mol. The van der Waals surface area contributed by atoms with Crippen molar-refractivity contribution in [3.8, 4) is 0 Å². The minimum absolute atomic E-state index is 0.409. The summed E-state index contributed by atoms with van der Waals surface area (Å²) in [4.78, 5) is 13.6. The van der Waals surface area contributed by atoms with Gasteiger partial charge in [-0.1, -0.05) is 20.8 Å². The molecule has 15 heavy (non-hydrogen) atoms. The van der Waals surface area contributed by atoms with Crippen LogP contribution in [-0.4, -0.2) is 35.1 Å². The molecule has 3 heteroatoms. The number of hydrogen-bond acceptors (Lipinski definition) is 2. The summed E-state index contributed by atoms with van der Waals surface area (Å²) in [5.74, 6) is -0.661. The lowest BCUT2D eigenvalue weighted by atomic mass is 9.81. The van der Waals surface area contributed by atoms with Gasteiger partial charge in [0.1, 0.15) is 0 Å². The molecular weight excluding hydrogens is 190 g/mol. The lowest BCUT2D eigenvalue weighted by Gasteiger charge is -2.35. The first-order chi connectivity index (χ1) is 6.93. The molecule has 0 fully saturated rings. The van der Waals surface area contributed by atoms with Crippen molar-refractivity contribution in [2.75, 3.05) is 13.1 Å². The highest BCUT2D eigenvalue weighted by Gasteiger charge is 2.36. The quantitative estimate of drug-likeness (QED) is 0.709. The molecule has 0 spiro atoms. The fraction of sp³-hybridized carbons (Fsp3) is 0.917. The molecule has 0 amide bonds. The van der Waals surface area contributed by atoms with Gasteiger partial charge in [0.05, 0.1) is 5.41 Å². The Morgan fingerprint density at radius 3 is 1.93 bits per heavy atom. The Morgan fingerprint density at radius 1 is 1.27 bits per heavy atom. The Hall–Kier alpha value is -0.570. The molecule has 0 aromatic rings. The van der Waals surface area contributed by atoms with Crippen LogP contribution in [0.5, 0.6) is 0 Å². The van der Waals surface area contributed by atoms with Gasteiger partial charge in [-0.05, 0) is 33.2 Å². The third-order valence-electron chi connectivity index (χ3n) is 3.45. The number of carboxylic acids is 1. The summed E-state index contributed by atoms with van der Waals surface area (Å²) < 4.78 is 0. The van der Waals surface area contributed by atoms with Gasteiger partial charge >= 0.3 is 5.97 Å².